The van der Waals surface area contributed by atoms with Crippen LogP contribution in [0.3, 0.4) is 0 Å². The maximum absolute atomic E-state index is 11.5. The van der Waals surface area contributed by atoms with Crippen molar-refractivity contribution in [2.24, 2.45) is 0 Å². The molecule has 0 aliphatic rings. The second-order valence-corrected chi connectivity index (χ2v) is 8.73. The number of aryl methyl sites for hydroxylation is 2. The van der Waals surface area contributed by atoms with E-state index in [2.05, 4.69) is 32.2 Å². The first-order chi connectivity index (χ1) is 9.68. The van der Waals surface area contributed by atoms with Crippen LogP contribution in [0.5, 0.6) is 0 Å². The Hall–Kier alpha value is -1.53. The van der Waals surface area contributed by atoms with Crippen molar-refractivity contribution >= 4 is 32.5 Å². The molecule has 0 bridgehead atoms. The molecule has 3 N–H and O–H groups in total. The number of sulfone groups is 1. The zero-order valence-electron chi connectivity index (χ0n) is 12.6. The lowest BCUT2D eigenvalue weighted by molar-refractivity contribution is 0.602. The van der Waals surface area contributed by atoms with Gasteiger partial charge >= 0.3 is 0 Å². The van der Waals surface area contributed by atoms with E-state index in [0.717, 1.165) is 5.69 Å². The highest BCUT2D eigenvalue weighted by atomic mass is 32.2. The first kappa shape index (κ1) is 15.9. The molecule has 0 amide bonds. The second-order valence-electron chi connectivity index (χ2n) is 5.26. The third-order valence-electron chi connectivity index (χ3n) is 3.37. The van der Waals surface area contributed by atoms with Gasteiger partial charge in [0.1, 0.15) is 0 Å². The lowest BCUT2D eigenvalue weighted by Gasteiger charge is -2.17. The average Bonchev–Trinajstić information content (AvgIpc) is 2.69. The molecule has 0 fully saturated rings. The van der Waals surface area contributed by atoms with Crippen molar-refractivity contribution < 1.29 is 8.42 Å². The minimum Gasteiger partial charge on any atom is -0.397 e. The lowest BCUT2D eigenvalue weighted by atomic mass is 10.1. The van der Waals surface area contributed by atoms with Crippen LogP contribution in [0.2, 0.25) is 0 Å². The number of thiophene rings is 1. The van der Waals surface area contributed by atoms with E-state index in [1.165, 1.54) is 27.6 Å². The molecule has 0 spiro atoms. The van der Waals surface area contributed by atoms with Gasteiger partial charge < -0.3 is 11.1 Å². The van der Waals surface area contributed by atoms with Crippen LogP contribution in [0.25, 0.3) is 0 Å². The average molecular weight is 324 g/mol. The number of nitrogens with one attached hydrogen (secondary N) is 1. The van der Waals surface area contributed by atoms with Crippen molar-refractivity contribution in [1.29, 1.82) is 0 Å². The summed E-state index contributed by atoms with van der Waals surface area (Å²) < 4.78 is 23.0. The van der Waals surface area contributed by atoms with E-state index in [1.807, 2.05) is 0 Å². The Kier molecular flexibility index (Phi) is 4.30. The van der Waals surface area contributed by atoms with Crippen molar-refractivity contribution in [3.63, 3.8) is 0 Å². The molecule has 1 aromatic heterocycles. The molecule has 114 valence electrons. The van der Waals surface area contributed by atoms with E-state index in [-0.39, 0.29) is 10.9 Å². The third-order valence-corrected chi connectivity index (χ3v) is 5.46. The summed E-state index contributed by atoms with van der Waals surface area (Å²) >= 11 is 1.77. The summed E-state index contributed by atoms with van der Waals surface area (Å²) in [6.45, 7) is 6.25. The number of nitrogen functional groups attached to an aromatic ring is 1. The molecule has 0 aliphatic heterocycles. The molecule has 6 heteroatoms. The number of hydrogen-bond acceptors (Lipinski definition) is 5. The van der Waals surface area contributed by atoms with Crippen LogP contribution in [0.4, 0.5) is 11.4 Å². The van der Waals surface area contributed by atoms with E-state index in [9.17, 15) is 8.42 Å². The molecule has 1 heterocycles. The fourth-order valence-electron chi connectivity index (χ4n) is 2.29. The molecule has 2 aromatic rings. The lowest BCUT2D eigenvalue weighted by Crippen LogP contribution is -2.09. The van der Waals surface area contributed by atoms with Crippen molar-refractivity contribution in [3.8, 4) is 0 Å². The van der Waals surface area contributed by atoms with Crippen LogP contribution in [-0.2, 0) is 9.84 Å². The highest BCUT2D eigenvalue weighted by Crippen LogP contribution is 2.31. The topological polar surface area (TPSA) is 72.2 Å². The SMILES string of the molecule is Cc1cc(C(C)Nc2ccc(S(C)(=O)=O)cc2N)c(C)s1. The summed E-state index contributed by atoms with van der Waals surface area (Å²) in [5, 5.41) is 3.35. The van der Waals surface area contributed by atoms with Gasteiger partial charge in [-0.1, -0.05) is 0 Å². The van der Waals surface area contributed by atoms with Gasteiger partial charge in [-0.05, 0) is 50.6 Å². The first-order valence-electron chi connectivity index (χ1n) is 6.61. The highest BCUT2D eigenvalue weighted by Gasteiger charge is 2.14. The van der Waals surface area contributed by atoms with Gasteiger partial charge in [0.25, 0.3) is 0 Å². The van der Waals surface area contributed by atoms with Crippen molar-refractivity contribution in [3.05, 3.63) is 39.6 Å². The molecule has 1 unspecified atom stereocenters. The summed E-state index contributed by atoms with van der Waals surface area (Å²) in [5.41, 5.74) is 8.39. The van der Waals surface area contributed by atoms with Crippen LogP contribution in [0.1, 0.15) is 28.3 Å². The monoisotopic (exact) mass is 324 g/mol. The molecule has 0 radical (unpaired) electrons. The zero-order valence-corrected chi connectivity index (χ0v) is 14.2. The largest absolute Gasteiger partial charge is 0.397 e. The molecule has 0 saturated carbocycles. The Labute approximate surface area is 129 Å². The number of benzene rings is 1. The molecule has 1 aromatic carbocycles. The molecular formula is C15H20N2O2S2. The van der Waals surface area contributed by atoms with Crippen molar-refractivity contribution in [2.45, 2.75) is 31.7 Å². The predicted molar refractivity (Wildman–Crippen MR) is 89.8 cm³/mol. The Balaban J connectivity index is 2.26. The van der Waals surface area contributed by atoms with E-state index < -0.39 is 9.84 Å². The highest BCUT2D eigenvalue weighted by molar-refractivity contribution is 7.90. The normalized spacial score (nSPS) is 13.1. The van der Waals surface area contributed by atoms with Gasteiger partial charge in [-0.3, -0.25) is 0 Å². The Morgan fingerprint density at radius 2 is 1.90 bits per heavy atom. The van der Waals surface area contributed by atoms with E-state index in [4.69, 9.17) is 5.73 Å². The molecule has 4 nitrogen and oxygen atoms in total. The van der Waals surface area contributed by atoms with Crippen molar-refractivity contribution in [2.75, 3.05) is 17.3 Å². The Bertz CT molecular complexity index is 764. The molecule has 0 saturated heterocycles. The van der Waals surface area contributed by atoms with Gasteiger partial charge in [-0.2, -0.15) is 0 Å². The molecule has 2 rings (SSSR count). The number of nitrogens with two attached hydrogens (primary N) is 1. The van der Waals surface area contributed by atoms with E-state index in [1.54, 1.807) is 23.5 Å². The van der Waals surface area contributed by atoms with Crippen LogP contribution >= 0.6 is 11.3 Å². The van der Waals surface area contributed by atoms with Gasteiger partial charge in [-0.15, -0.1) is 11.3 Å². The number of hydrogen-bond donors (Lipinski definition) is 2. The third kappa shape index (κ3) is 3.57. The second kappa shape index (κ2) is 5.69. The van der Waals surface area contributed by atoms with Crippen LogP contribution in [-0.4, -0.2) is 14.7 Å². The summed E-state index contributed by atoms with van der Waals surface area (Å²) in [6, 6.07) is 7.07. The van der Waals surface area contributed by atoms with Gasteiger partial charge in [0.15, 0.2) is 9.84 Å². The molecule has 0 aliphatic carbocycles. The smallest absolute Gasteiger partial charge is 0.175 e. The van der Waals surface area contributed by atoms with Gasteiger partial charge in [0, 0.05) is 22.1 Å². The Morgan fingerprint density at radius 1 is 1.24 bits per heavy atom. The first-order valence-corrected chi connectivity index (χ1v) is 9.32. The molecule has 21 heavy (non-hydrogen) atoms. The number of anilines is 2. The summed E-state index contributed by atoms with van der Waals surface area (Å²) in [5.74, 6) is 0. The predicted octanol–water partition coefficient (Wildman–Crippen LogP) is 3.52. The Morgan fingerprint density at radius 3 is 2.38 bits per heavy atom. The number of rotatable bonds is 4. The van der Waals surface area contributed by atoms with E-state index in [0.29, 0.717) is 5.69 Å². The maximum Gasteiger partial charge on any atom is 0.175 e. The van der Waals surface area contributed by atoms with Crippen LogP contribution in [0, 0.1) is 13.8 Å². The van der Waals surface area contributed by atoms with Crippen molar-refractivity contribution in [1.82, 2.24) is 0 Å². The zero-order chi connectivity index (χ0) is 15.8. The standard InChI is InChI=1S/C15H20N2O2S2/c1-9-7-13(11(3)20-9)10(2)17-15-6-5-12(8-14(15)16)21(4,18)19/h5-8,10,17H,16H2,1-4H3. The van der Waals surface area contributed by atoms with Gasteiger partial charge in [0.05, 0.1) is 16.3 Å². The summed E-state index contributed by atoms with van der Waals surface area (Å²) in [7, 11) is -3.23. The van der Waals surface area contributed by atoms with E-state index >= 15 is 0 Å². The molecule has 1 atom stereocenters. The fraction of sp³-hybridized carbons (Fsp3) is 0.333. The van der Waals surface area contributed by atoms with Crippen LogP contribution in [0.15, 0.2) is 29.2 Å². The van der Waals surface area contributed by atoms with Gasteiger partial charge in [0.2, 0.25) is 0 Å². The maximum atomic E-state index is 11.5. The summed E-state index contributed by atoms with van der Waals surface area (Å²) in [6.07, 6.45) is 1.18. The summed E-state index contributed by atoms with van der Waals surface area (Å²) in [4.78, 5) is 2.79. The quantitative estimate of drug-likeness (QED) is 0.844. The van der Waals surface area contributed by atoms with Gasteiger partial charge in [-0.25, -0.2) is 8.42 Å². The van der Waals surface area contributed by atoms with Crippen LogP contribution < -0.4 is 11.1 Å². The minimum atomic E-state index is -3.23. The minimum absolute atomic E-state index is 0.112. The molecular weight excluding hydrogens is 304 g/mol. The fourth-order valence-corrected chi connectivity index (χ4v) is 3.97.